The van der Waals surface area contributed by atoms with E-state index in [2.05, 4.69) is 5.32 Å². The van der Waals surface area contributed by atoms with Crippen LogP contribution in [0.2, 0.25) is 0 Å². The SMILES string of the molecule is CCOC(=O)c1ccc(NC(=O)C2(CC)COC2)cc1. The zero-order valence-corrected chi connectivity index (χ0v) is 11.8. The van der Waals surface area contributed by atoms with E-state index in [-0.39, 0.29) is 11.9 Å². The molecule has 1 heterocycles. The monoisotopic (exact) mass is 277 g/mol. The lowest BCUT2D eigenvalue weighted by molar-refractivity contribution is -0.156. The Hall–Kier alpha value is -1.88. The first kappa shape index (κ1) is 14.5. The van der Waals surface area contributed by atoms with Crippen molar-refractivity contribution in [3.63, 3.8) is 0 Å². The topological polar surface area (TPSA) is 64.6 Å². The summed E-state index contributed by atoms with van der Waals surface area (Å²) in [6.07, 6.45) is 0.750. The summed E-state index contributed by atoms with van der Waals surface area (Å²) in [5.74, 6) is -0.391. The molecule has 1 fully saturated rings. The number of nitrogens with one attached hydrogen (secondary N) is 1. The average molecular weight is 277 g/mol. The number of esters is 1. The van der Waals surface area contributed by atoms with E-state index in [0.717, 1.165) is 6.42 Å². The van der Waals surface area contributed by atoms with E-state index in [4.69, 9.17) is 9.47 Å². The molecular formula is C15H19NO4. The van der Waals surface area contributed by atoms with Gasteiger partial charge in [0.15, 0.2) is 0 Å². The second-order valence-electron chi connectivity index (χ2n) is 4.88. The highest BCUT2D eigenvalue weighted by Gasteiger charge is 2.44. The minimum absolute atomic E-state index is 0.0323. The Bertz CT molecular complexity index is 486. The van der Waals surface area contributed by atoms with Gasteiger partial charge in [0, 0.05) is 5.69 Å². The Morgan fingerprint density at radius 3 is 2.35 bits per heavy atom. The fraction of sp³-hybridized carbons (Fsp3) is 0.467. The molecule has 2 rings (SSSR count). The summed E-state index contributed by atoms with van der Waals surface area (Å²) in [5, 5.41) is 2.86. The Kier molecular flexibility index (Phi) is 4.39. The van der Waals surface area contributed by atoms with Crippen molar-refractivity contribution in [3.8, 4) is 0 Å². The first-order valence-electron chi connectivity index (χ1n) is 6.77. The number of amides is 1. The molecule has 0 aliphatic carbocycles. The Morgan fingerprint density at radius 2 is 1.90 bits per heavy atom. The summed E-state index contributed by atoms with van der Waals surface area (Å²) in [6.45, 7) is 5.02. The van der Waals surface area contributed by atoms with Crippen LogP contribution >= 0.6 is 0 Å². The minimum atomic E-state index is -0.403. The van der Waals surface area contributed by atoms with E-state index >= 15 is 0 Å². The second-order valence-corrected chi connectivity index (χ2v) is 4.88. The molecule has 0 aromatic heterocycles. The van der Waals surface area contributed by atoms with Gasteiger partial charge < -0.3 is 14.8 Å². The number of hydrogen-bond acceptors (Lipinski definition) is 4. The maximum absolute atomic E-state index is 12.2. The van der Waals surface area contributed by atoms with Gasteiger partial charge in [0.05, 0.1) is 30.8 Å². The highest BCUT2D eigenvalue weighted by Crippen LogP contribution is 2.32. The molecule has 1 aliphatic heterocycles. The molecule has 0 atom stereocenters. The number of rotatable bonds is 5. The molecule has 0 unspecified atom stereocenters. The fourth-order valence-corrected chi connectivity index (χ4v) is 2.01. The van der Waals surface area contributed by atoms with E-state index in [1.165, 1.54) is 0 Å². The lowest BCUT2D eigenvalue weighted by Gasteiger charge is -2.38. The summed E-state index contributed by atoms with van der Waals surface area (Å²) in [5.41, 5.74) is 0.740. The molecule has 0 radical (unpaired) electrons. The molecule has 0 spiro atoms. The molecule has 0 saturated carbocycles. The van der Waals surface area contributed by atoms with Crippen LogP contribution in [0.25, 0.3) is 0 Å². The lowest BCUT2D eigenvalue weighted by atomic mass is 9.82. The number of carbonyl (C=O) groups excluding carboxylic acids is 2. The van der Waals surface area contributed by atoms with Gasteiger partial charge in [-0.2, -0.15) is 0 Å². The van der Waals surface area contributed by atoms with Crippen LogP contribution in [-0.4, -0.2) is 31.7 Å². The first-order chi connectivity index (χ1) is 9.61. The number of hydrogen-bond donors (Lipinski definition) is 1. The Morgan fingerprint density at radius 1 is 1.25 bits per heavy atom. The second kappa shape index (κ2) is 6.05. The fourth-order valence-electron chi connectivity index (χ4n) is 2.01. The molecule has 5 heteroatoms. The highest BCUT2D eigenvalue weighted by molar-refractivity contribution is 5.96. The number of anilines is 1. The van der Waals surface area contributed by atoms with Crippen molar-refractivity contribution in [2.75, 3.05) is 25.1 Å². The van der Waals surface area contributed by atoms with Gasteiger partial charge in [0.25, 0.3) is 0 Å². The van der Waals surface area contributed by atoms with E-state index in [9.17, 15) is 9.59 Å². The lowest BCUT2D eigenvalue weighted by Crippen LogP contribution is -2.51. The van der Waals surface area contributed by atoms with E-state index in [1.807, 2.05) is 6.92 Å². The van der Waals surface area contributed by atoms with Gasteiger partial charge in [0.2, 0.25) is 5.91 Å². The summed E-state index contributed by atoms with van der Waals surface area (Å²) in [7, 11) is 0. The van der Waals surface area contributed by atoms with Crippen molar-refractivity contribution >= 4 is 17.6 Å². The molecule has 1 amide bonds. The molecule has 20 heavy (non-hydrogen) atoms. The third-order valence-electron chi connectivity index (χ3n) is 3.57. The molecule has 1 saturated heterocycles. The average Bonchev–Trinajstić information content (AvgIpc) is 2.39. The van der Waals surface area contributed by atoms with E-state index in [1.54, 1.807) is 31.2 Å². The third-order valence-corrected chi connectivity index (χ3v) is 3.57. The van der Waals surface area contributed by atoms with Crippen molar-refractivity contribution in [1.29, 1.82) is 0 Å². The molecule has 1 aromatic rings. The van der Waals surface area contributed by atoms with Crippen molar-refractivity contribution in [2.24, 2.45) is 5.41 Å². The predicted octanol–water partition coefficient (Wildman–Crippen LogP) is 2.23. The maximum Gasteiger partial charge on any atom is 0.338 e. The van der Waals surface area contributed by atoms with E-state index < -0.39 is 5.41 Å². The van der Waals surface area contributed by atoms with Gasteiger partial charge >= 0.3 is 5.97 Å². The quantitative estimate of drug-likeness (QED) is 0.838. The number of benzene rings is 1. The highest BCUT2D eigenvalue weighted by atomic mass is 16.5. The number of carbonyl (C=O) groups is 2. The molecule has 1 aromatic carbocycles. The number of ether oxygens (including phenoxy) is 2. The van der Waals surface area contributed by atoms with Crippen LogP contribution < -0.4 is 5.32 Å². The third kappa shape index (κ3) is 2.82. The van der Waals surface area contributed by atoms with Gasteiger partial charge in [0.1, 0.15) is 0 Å². The van der Waals surface area contributed by atoms with Crippen molar-refractivity contribution < 1.29 is 19.1 Å². The Labute approximate surface area is 118 Å². The van der Waals surface area contributed by atoms with Crippen LogP contribution in [0.4, 0.5) is 5.69 Å². The summed E-state index contributed by atoms with van der Waals surface area (Å²) < 4.78 is 10.0. The van der Waals surface area contributed by atoms with Crippen LogP contribution in [0.3, 0.4) is 0 Å². The van der Waals surface area contributed by atoms with Crippen LogP contribution in [0.1, 0.15) is 30.6 Å². The van der Waals surface area contributed by atoms with Crippen LogP contribution in [0.5, 0.6) is 0 Å². The maximum atomic E-state index is 12.2. The zero-order valence-electron chi connectivity index (χ0n) is 11.8. The predicted molar refractivity (Wildman–Crippen MR) is 74.6 cm³/mol. The van der Waals surface area contributed by atoms with Gasteiger partial charge in [-0.25, -0.2) is 4.79 Å². The normalized spacial score (nSPS) is 16.1. The van der Waals surface area contributed by atoms with Crippen LogP contribution in [0, 0.1) is 5.41 Å². The molecule has 1 N–H and O–H groups in total. The van der Waals surface area contributed by atoms with Crippen molar-refractivity contribution in [1.82, 2.24) is 0 Å². The standard InChI is InChI=1S/C15H19NO4/c1-3-15(9-19-10-15)14(18)16-12-7-5-11(6-8-12)13(17)20-4-2/h5-8H,3-4,9-10H2,1-2H3,(H,16,18). The Balaban J connectivity index is 2.00. The summed E-state index contributed by atoms with van der Waals surface area (Å²) in [6, 6.07) is 6.69. The minimum Gasteiger partial charge on any atom is -0.462 e. The molecule has 0 bridgehead atoms. The molecule has 5 nitrogen and oxygen atoms in total. The molecular weight excluding hydrogens is 258 g/mol. The van der Waals surface area contributed by atoms with Crippen LogP contribution in [-0.2, 0) is 14.3 Å². The van der Waals surface area contributed by atoms with Crippen molar-refractivity contribution in [2.45, 2.75) is 20.3 Å². The molecule has 108 valence electrons. The molecule has 1 aliphatic rings. The first-order valence-corrected chi connectivity index (χ1v) is 6.77. The summed E-state index contributed by atoms with van der Waals surface area (Å²) >= 11 is 0. The van der Waals surface area contributed by atoms with E-state index in [0.29, 0.717) is 31.1 Å². The summed E-state index contributed by atoms with van der Waals surface area (Å²) in [4.78, 5) is 23.7. The van der Waals surface area contributed by atoms with Crippen molar-refractivity contribution in [3.05, 3.63) is 29.8 Å². The van der Waals surface area contributed by atoms with Gasteiger partial charge in [-0.05, 0) is 37.6 Å². The zero-order chi connectivity index (χ0) is 14.6. The largest absolute Gasteiger partial charge is 0.462 e. The van der Waals surface area contributed by atoms with Gasteiger partial charge in [-0.15, -0.1) is 0 Å². The van der Waals surface area contributed by atoms with Gasteiger partial charge in [-0.3, -0.25) is 4.79 Å². The van der Waals surface area contributed by atoms with Crippen LogP contribution in [0.15, 0.2) is 24.3 Å². The van der Waals surface area contributed by atoms with Gasteiger partial charge in [-0.1, -0.05) is 6.92 Å². The smallest absolute Gasteiger partial charge is 0.338 e.